The lowest BCUT2D eigenvalue weighted by Gasteiger charge is -2.38. The third-order valence-corrected chi connectivity index (χ3v) is 7.44. The number of carbonyl (C=O) groups is 1. The molecule has 3 aromatic rings. The Bertz CT molecular complexity index is 1210. The first-order chi connectivity index (χ1) is 15.8. The molecule has 172 valence electrons. The highest BCUT2D eigenvalue weighted by Gasteiger charge is 2.34. The lowest BCUT2D eigenvalue weighted by molar-refractivity contribution is -0.122. The number of carbonyl (C=O) groups excluding carboxylic acids is 1. The Morgan fingerprint density at radius 1 is 0.818 bits per heavy atom. The van der Waals surface area contributed by atoms with Crippen molar-refractivity contribution in [1.82, 2.24) is 9.21 Å². The van der Waals surface area contributed by atoms with Crippen LogP contribution in [-0.4, -0.2) is 49.7 Å². The highest BCUT2D eigenvalue weighted by Crippen LogP contribution is 2.26. The summed E-state index contributed by atoms with van der Waals surface area (Å²) in [6.45, 7) is 0.938. The van der Waals surface area contributed by atoms with Crippen LogP contribution in [0.15, 0.2) is 83.8 Å². The van der Waals surface area contributed by atoms with Gasteiger partial charge in [-0.05, 0) is 48.0 Å². The number of anilines is 1. The lowest BCUT2D eigenvalue weighted by atomic mass is 10.0. The van der Waals surface area contributed by atoms with Crippen LogP contribution in [0.3, 0.4) is 0 Å². The van der Waals surface area contributed by atoms with Crippen LogP contribution in [0, 0.1) is 11.6 Å². The molecule has 4 rings (SSSR count). The summed E-state index contributed by atoms with van der Waals surface area (Å²) in [6.07, 6.45) is 0. The van der Waals surface area contributed by atoms with E-state index in [1.165, 1.54) is 46.8 Å². The number of sulfonamides is 1. The van der Waals surface area contributed by atoms with Crippen molar-refractivity contribution >= 4 is 21.6 Å². The molecule has 1 N–H and O–H groups in total. The van der Waals surface area contributed by atoms with E-state index in [0.717, 1.165) is 11.6 Å². The molecule has 1 fully saturated rings. The van der Waals surface area contributed by atoms with E-state index in [-0.39, 0.29) is 23.9 Å². The first kappa shape index (κ1) is 23.0. The minimum atomic E-state index is -3.84. The molecule has 1 aliphatic rings. The molecule has 1 heterocycles. The topological polar surface area (TPSA) is 69.7 Å². The number of hydrogen-bond acceptors (Lipinski definition) is 4. The minimum absolute atomic E-state index is 0.0930. The maximum absolute atomic E-state index is 13.6. The second-order valence-corrected chi connectivity index (χ2v) is 9.64. The number of rotatable bonds is 6. The summed E-state index contributed by atoms with van der Waals surface area (Å²) in [5, 5.41) is 2.82. The number of hydrogen-bond donors (Lipinski definition) is 1. The van der Waals surface area contributed by atoms with Crippen molar-refractivity contribution < 1.29 is 22.0 Å². The number of nitrogens with one attached hydrogen (secondary N) is 1. The van der Waals surface area contributed by atoms with Gasteiger partial charge in [0.1, 0.15) is 17.7 Å². The largest absolute Gasteiger partial charge is 0.324 e. The Labute approximate surface area is 191 Å². The van der Waals surface area contributed by atoms with Crippen LogP contribution in [-0.2, 0) is 14.8 Å². The third-order valence-electron chi connectivity index (χ3n) is 5.55. The van der Waals surface area contributed by atoms with Gasteiger partial charge in [-0.2, -0.15) is 4.31 Å². The molecule has 0 bridgehead atoms. The van der Waals surface area contributed by atoms with Gasteiger partial charge in [0.25, 0.3) is 0 Å². The van der Waals surface area contributed by atoms with Crippen molar-refractivity contribution in [3.05, 3.63) is 96.1 Å². The zero-order valence-corrected chi connectivity index (χ0v) is 18.5. The summed E-state index contributed by atoms with van der Waals surface area (Å²) in [5.74, 6) is -1.31. The van der Waals surface area contributed by atoms with Crippen molar-refractivity contribution in [3.63, 3.8) is 0 Å². The Hall–Kier alpha value is -3.14. The highest BCUT2D eigenvalue weighted by molar-refractivity contribution is 7.89. The maximum Gasteiger partial charge on any atom is 0.246 e. The van der Waals surface area contributed by atoms with Crippen LogP contribution in [0.2, 0.25) is 0 Å². The fourth-order valence-electron chi connectivity index (χ4n) is 3.89. The fourth-order valence-corrected chi connectivity index (χ4v) is 5.34. The average Bonchev–Trinajstić information content (AvgIpc) is 2.82. The van der Waals surface area contributed by atoms with Crippen LogP contribution in [0.4, 0.5) is 14.5 Å². The van der Waals surface area contributed by atoms with E-state index in [9.17, 15) is 22.0 Å². The molecule has 1 aliphatic heterocycles. The maximum atomic E-state index is 13.6. The first-order valence-corrected chi connectivity index (χ1v) is 11.9. The van der Waals surface area contributed by atoms with E-state index < -0.39 is 27.7 Å². The minimum Gasteiger partial charge on any atom is -0.324 e. The number of halogens is 2. The zero-order valence-electron chi connectivity index (χ0n) is 17.7. The molecular formula is C24H23F2N3O3S. The van der Waals surface area contributed by atoms with Crippen LogP contribution in [0.5, 0.6) is 0 Å². The number of piperazine rings is 1. The number of benzene rings is 3. The van der Waals surface area contributed by atoms with Gasteiger partial charge in [-0.15, -0.1) is 0 Å². The van der Waals surface area contributed by atoms with Gasteiger partial charge in [-0.1, -0.05) is 36.4 Å². The Morgan fingerprint density at radius 3 is 2.12 bits per heavy atom. The summed E-state index contributed by atoms with van der Waals surface area (Å²) in [7, 11) is -3.84. The molecule has 1 amide bonds. The van der Waals surface area contributed by atoms with Crippen LogP contribution in [0.25, 0.3) is 0 Å². The van der Waals surface area contributed by atoms with E-state index in [0.29, 0.717) is 18.8 Å². The molecule has 33 heavy (non-hydrogen) atoms. The molecule has 0 unspecified atom stereocenters. The fraction of sp³-hybridized carbons (Fsp3) is 0.208. The van der Waals surface area contributed by atoms with Crippen molar-refractivity contribution in [1.29, 1.82) is 0 Å². The molecule has 0 aromatic heterocycles. The van der Waals surface area contributed by atoms with Gasteiger partial charge in [0.2, 0.25) is 15.9 Å². The molecule has 1 saturated heterocycles. The summed E-state index contributed by atoms with van der Waals surface area (Å²) >= 11 is 0. The lowest BCUT2D eigenvalue weighted by Crippen LogP contribution is -2.51. The van der Waals surface area contributed by atoms with Crippen LogP contribution >= 0.6 is 0 Å². The Morgan fingerprint density at radius 2 is 1.48 bits per heavy atom. The standard InChI is InChI=1S/C24H23F2N3O3S/c25-19-9-11-21(12-10-19)27-24(30)23(18-5-2-1-3-6-18)28-13-15-29(16-14-28)33(31,32)22-8-4-7-20(26)17-22/h1-12,17,23H,13-16H2,(H,27,30)/t23-/m1/s1. The van der Waals surface area contributed by atoms with Gasteiger partial charge in [-0.25, -0.2) is 17.2 Å². The molecule has 0 radical (unpaired) electrons. The van der Waals surface area contributed by atoms with Crippen molar-refractivity contribution in [2.45, 2.75) is 10.9 Å². The van der Waals surface area contributed by atoms with Gasteiger partial charge >= 0.3 is 0 Å². The van der Waals surface area contributed by atoms with Crippen LogP contribution < -0.4 is 5.32 Å². The first-order valence-electron chi connectivity index (χ1n) is 10.5. The average molecular weight is 472 g/mol. The summed E-state index contributed by atoms with van der Waals surface area (Å²) in [4.78, 5) is 15.0. The van der Waals surface area contributed by atoms with E-state index >= 15 is 0 Å². The monoisotopic (exact) mass is 471 g/mol. The van der Waals surface area contributed by atoms with Gasteiger partial charge in [0.05, 0.1) is 4.90 Å². The predicted octanol–water partition coefficient (Wildman–Crippen LogP) is 3.65. The Balaban J connectivity index is 1.52. The van der Waals surface area contributed by atoms with E-state index in [2.05, 4.69) is 5.32 Å². The van der Waals surface area contributed by atoms with Gasteiger partial charge in [-0.3, -0.25) is 9.69 Å². The third kappa shape index (κ3) is 5.27. The molecular weight excluding hydrogens is 448 g/mol. The summed E-state index contributed by atoms with van der Waals surface area (Å²) in [5.41, 5.74) is 1.23. The Kier molecular flexibility index (Phi) is 6.83. The van der Waals surface area contributed by atoms with Crippen molar-refractivity contribution in [3.8, 4) is 0 Å². The van der Waals surface area contributed by atoms with E-state index in [1.54, 1.807) is 0 Å². The molecule has 9 heteroatoms. The smallest absolute Gasteiger partial charge is 0.246 e. The van der Waals surface area contributed by atoms with E-state index in [1.807, 2.05) is 35.2 Å². The predicted molar refractivity (Wildman–Crippen MR) is 121 cm³/mol. The molecule has 0 aliphatic carbocycles. The summed E-state index contributed by atoms with van der Waals surface area (Å²) in [6, 6.07) is 19.0. The normalized spacial score (nSPS) is 16.3. The molecule has 1 atom stereocenters. The number of nitrogens with zero attached hydrogens (tertiary/aromatic N) is 2. The molecule has 0 spiro atoms. The van der Waals surface area contributed by atoms with Crippen molar-refractivity contribution in [2.24, 2.45) is 0 Å². The highest BCUT2D eigenvalue weighted by atomic mass is 32.2. The quantitative estimate of drug-likeness (QED) is 0.596. The second-order valence-electron chi connectivity index (χ2n) is 7.71. The molecule has 3 aromatic carbocycles. The van der Waals surface area contributed by atoms with Gasteiger partial charge in [0, 0.05) is 31.9 Å². The van der Waals surface area contributed by atoms with Gasteiger partial charge < -0.3 is 5.32 Å². The van der Waals surface area contributed by atoms with Crippen molar-refractivity contribution in [2.75, 3.05) is 31.5 Å². The summed E-state index contributed by atoms with van der Waals surface area (Å²) < 4.78 is 53.9. The SMILES string of the molecule is O=C(Nc1ccc(F)cc1)[C@@H](c1ccccc1)N1CCN(S(=O)(=O)c2cccc(F)c2)CC1. The molecule has 6 nitrogen and oxygen atoms in total. The zero-order chi connectivity index (χ0) is 23.4. The second kappa shape index (κ2) is 9.78. The van der Waals surface area contributed by atoms with Crippen LogP contribution in [0.1, 0.15) is 11.6 Å². The van der Waals surface area contributed by atoms with Gasteiger partial charge in [0.15, 0.2) is 0 Å². The molecule has 0 saturated carbocycles. The number of amides is 1. The van der Waals surface area contributed by atoms with E-state index in [4.69, 9.17) is 0 Å².